The number of benzene rings is 1. The van der Waals surface area contributed by atoms with Gasteiger partial charge in [-0.05, 0) is 69.4 Å². The van der Waals surface area contributed by atoms with E-state index in [2.05, 4.69) is 10.4 Å². The summed E-state index contributed by atoms with van der Waals surface area (Å²) in [7, 11) is -7.82. The molecule has 2 aromatic rings. The smallest absolute Gasteiger partial charge is 0.263 e. The van der Waals surface area contributed by atoms with Crippen LogP contribution in [0.3, 0.4) is 0 Å². The zero-order valence-electron chi connectivity index (χ0n) is 23.7. The second-order valence-electron chi connectivity index (χ2n) is 10.9. The number of carbonyl (C=O) groups is 1. The van der Waals surface area contributed by atoms with Gasteiger partial charge in [-0.1, -0.05) is 36.8 Å². The van der Waals surface area contributed by atoms with Crippen LogP contribution in [0, 0.1) is 0 Å². The fourth-order valence-electron chi connectivity index (χ4n) is 5.61. The van der Waals surface area contributed by atoms with Gasteiger partial charge in [0.15, 0.2) is 6.29 Å². The Kier molecular flexibility index (Phi) is 10.7. The third kappa shape index (κ3) is 7.78. The van der Waals surface area contributed by atoms with Crippen LogP contribution in [-0.2, 0) is 34.4 Å². The van der Waals surface area contributed by atoms with Crippen molar-refractivity contribution in [3.8, 4) is 10.4 Å². The summed E-state index contributed by atoms with van der Waals surface area (Å²) in [4.78, 5) is 22.0. The molecule has 3 fully saturated rings. The Hall–Kier alpha value is -1.91. The van der Waals surface area contributed by atoms with Crippen LogP contribution >= 0.6 is 11.3 Å². The van der Waals surface area contributed by atoms with Crippen molar-refractivity contribution >= 4 is 37.3 Å². The average Bonchev–Trinajstić information content (AvgIpc) is 3.53. The number of piperidine rings is 1. The number of hydrogen-bond acceptors (Lipinski definition) is 9. The molecule has 0 spiro atoms. The van der Waals surface area contributed by atoms with Crippen LogP contribution in [0.2, 0.25) is 0 Å². The van der Waals surface area contributed by atoms with E-state index >= 15 is 0 Å². The van der Waals surface area contributed by atoms with E-state index in [9.17, 15) is 21.6 Å². The molecule has 0 bridgehead atoms. The largest absolute Gasteiger partial charge is 0.350 e. The van der Waals surface area contributed by atoms with Gasteiger partial charge in [0.1, 0.15) is 10.3 Å². The van der Waals surface area contributed by atoms with Crippen molar-refractivity contribution in [2.45, 2.75) is 61.5 Å². The Labute approximate surface area is 252 Å². The van der Waals surface area contributed by atoms with Crippen LogP contribution in [0.5, 0.6) is 0 Å². The molecule has 2 atom stereocenters. The standard InChI is InChI=1S/C28H40N4O7S3/c33-28(29-39-26-12-5-8-20-38-26)24-22-31(41(34,35)21-9-17-30-15-6-2-7-16-30)18-19-32(24)42(36,37)27-14-13-25(40-27)23-10-3-1-4-11-23/h1,3-4,10-11,13-14,24,26H,2,5-9,12,15-22H2,(H,29,33). The molecule has 4 heterocycles. The summed E-state index contributed by atoms with van der Waals surface area (Å²) in [6, 6.07) is 11.4. The summed E-state index contributed by atoms with van der Waals surface area (Å²) >= 11 is 1.12. The fourth-order valence-corrected chi connectivity index (χ4v) is 10.1. The van der Waals surface area contributed by atoms with Crippen LogP contribution in [0.4, 0.5) is 0 Å². The first kappa shape index (κ1) is 31.5. The van der Waals surface area contributed by atoms with Gasteiger partial charge in [-0.2, -0.15) is 8.61 Å². The van der Waals surface area contributed by atoms with Crippen molar-refractivity contribution < 1.29 is 31.2 Å². The lowest BCUT2D eigenvalue weighted by Gasteiger charge is -2.38. The number of carbonyl (C=O) groups excluding carboxylic acids is 1. The number of hydrogen-bond donors (Lipinski definition) is 1. The molecule has 11 nitrogen and oxygen atoms in total. The first-order valence-corrected chi connectivity index (χ1v) is 18.5. The third-order valence-electron chi connectivity index (χ3n) is 7.95. The predicted octanol–water partition coefficient (Wildman–Crippen LogP) is 2.87. The zero-order valence-corrected chi connectivity index (χ0v) is 26.2. The van der Waals surface area contributed by atoms with Crippen molar-refractivity contribution in [2.24, 2.45) is 0 Å². The number of rotatable bonds is 11. The molecule has 1 N–H and O–H groups in total. The van der Waals surface area contributed by atoms with Crippen LogP contribution in [-0.4, -0.2) is 100 Å². The fraction of sp³-hybridized carbons (Fsp3) is 0.607. The highest BCUT2D eigenvalue weighted by Crippen LogP contribution is 2.34. The highest BCUT2D eigenvalue weighted by Gasteiger charge is 2.44. The molecule has 14 heteroatoms. The Balaban J connectivity index is 1.31. The molecule has 1 amide bonds. The van der Waals surface area contributed by atoms with Crippen LogP contribution < -0.4 is 5.48 Å². The lowest BCUT2D eigenvalue weighted by molar-refractivity contribution is -0.202. The zero-order chi connectivity index (χ0) is 29.6. The van der Waals surface area contributed by atoms with E-state index in [1.54, 1.807) is 6.07 Å². The molecule has 0 radical (unpaired) electrons. The third-order valence-corrected chi connectivity index (χ3v) is 13.4. The van der Waals surface area contributed by atoms with Crippen LogP contribution in [0.25, 0.3) is 10.4 Å². The molecular weight excluding hydrogens is 601 g/mol. The van der Waals surface area contributed by atoms with Gasteiger partial charge in [0.2, 0.25) is 10.0 Å². The summed E-state index contributed by atoms with van der Waals surface area (Å²) < 4.78 is 62.4. The summed E-state index contributed by atoms with van der Waals surface area (Å²) in [6.45, 7) is 2.72. The molecule has 1 aromatic carbocycles. The maximum Gasteiger partial charge on any atom is 0.263 e. The van der Waals surface area contributed by atoms with E-state index in [1.807, 2.05) is 30.3 Å². The Bertz CT molecular complexity index is 1390. The monoisotopic (exact) mass is 640 g/mol. The Morgan fingerprint density at radius 3 is 2.48 bits per heavy atom. The van der Waals surface area contributed by atoms with Gasteiger partial charge in [-0.25, -0.2) is 27.2 Å². The number of thiophene rings is 1. The van der Waals surface area contributed by atoms with Crippen molar-refractivity contribution in [3.05, 3.63) is 42.5 Å². The number of likely N-dealkylation sites (tertiary alicyclic amines) is 1. The summed E-state index contributed by atoms with van der Waals surface area (Å²) in [6.07, 6.45) is 5.71. The molecule has 3 aliphatic rings. The topological polar surface area (TPSA) is 126 Å². The minimum atomic E-state index is -4.11. The van der Waals surface area contributed by atoms with Crippen LogP contribution in [0.15, 0.2) is 46.7 Å². The number of hydroxylamine groups is 1. The van der Waals surface area contributed by atoms with Crippen molar-refractivity contribution in [1.82, 2.24) is 19.0 Å². The minimum Gasteiger partial charge on any atom is -0.350 e. The number of ether oxygens (including phenoxy) is 1. The van der Waals surface area contributed by atoms with Crippen LogP contribution in [0.1, 0.15) is 44.9 Å². The number of nitrogens with one attached hydrogen (secondary N) is 1. The summed E-state index contributed by atoms with van der Waals surface area (Å²) in [5.41, 5.74) is 3.26. The molecule has 5 rings (SSSR count). The van der Waals surface area contributed by atoms with Gasteiger partial charge in [0.05, 0.1) is 5.75 Å². The Morgan fingerprint density at radius 2 is 1.74 bits per heavy atom. The van der Waals surface area contributed by atoms with Crippen molar-refractivity contribution in [1.29, 1.82) is 0 Å². The average molecular weight is 641 g/mol. The quantitative estimate of drug-likeness (QED) is 0.372. The van der Waals surface area contributed by atoms with E-state index < -0.39 is 38.3 Å². The molecule has 3 saturated heterocycles. The van der Waals surface area contributed by atoms with Gasteiger partial charge in [0.25, 0.3) is 15.9 Å². The molecule has 3 aliphatic heterocycles. The SMILES string of the molecule is O=C(NOC1CCCCO1)C1CN(S(=O)(=O)CCCN2CCCCC2)CCN1S(=O)(=O)c1ccc(-c2ccccc2)s1. The number of piperazine rings is 1. The van der Waals surface area contributed by atoms with Gasteiger partial charge >= 0.3 is 0 Å². The van der Waals surface area contributed by atoms with E-state index in [4.69, 9.17) is 9.57 Å². The van der Waals surface area contributed by atoms with E-state index in [-0.39, 0.29) is 29.6 Å². The van der Waals surface area contributed by atoms with Gasteiger partial charge < -0.3 is 9.64 Å². The Morgan fingerprint density at radius 1 is 0.952 bits per heavy atom. The molecule has 0 saturated carbocycles. The molecule has 2 unspecified atom stereocenters. The summed E-state index contributed by atoms with van der Waals surface area (Å²) in [5, 5.41) is 0. The molecule has 0 aliphatic carbocycles. The molecule has 232 valence electrons. The lowest BCUT2D eigenvalue weighted by Crippen LogP contribution is -2.61. The first-order valence-electron chi connectivity index (χ1n) is 14.7. The van der Waals surface area contributed by atoms with Gasteiger partial charge in [-0.15, -0.1) is 11.3 Å². The van der Waals surface area contributed by atoms with E-state index in [0.29, 0.717) is 26.0 Å². The normalized spacial score (nSPS) is 23.5. The highest BCUT2D eigenvalue weighted by molar-refractivity contribution is 7.91. The molecule has 1 aromatic heterocycles. The van der Waals surface area contributed by atoms with Crippen molar-refractivity contribution in [2.75, 3.05) is 51.6 Å². The maximum absolute atomic E-state index is 13.9. The van der Waals surface area contributed by atoms with E-state index in [1.165, 1.54) is 16.8 Å². The van der Waals surface area contributed by atoms with Gasteiger partial charge in [0, 0.05) is 37.5 Å². The maximum atomic E-state index is 13.9. The minimum absolute atomic E-state index is 0.0292. The second kappa shape index (κ2) is 14.2. The first-order chi connectivity index (χ1) is 20.2. The second-order valence-corrected chi connectivity index (χ2v) is 16.2. The van der Waals surface area contributed by atoms with E-state index in [0.717, 1.165) is 64.9 Å². The van der Waals surface area contributed by atoms with Crippen molar-refractivity contribution in [3.63, 3.8) is 0 Å². The number of amides is 1. The molecular formula is C28H40N4O7S3. The summed E-state index contributed by atoms with van der Waals surface area (Å²) in [5.74, 6) is -0.775. The number of sulfonamides is 2. The van der Waals surface area contributed by atoms with Gasteiger partial charge in [-0.3, -0.25) is 4.79 Å². The predicted molar refractivity (Wildman–Crippen MR) is 161 cm³/mol. The molecule has 42 heavy (non-hydrogen) atoms. The highest BCUT2D eigenvalue weighted by atomic mass is 32.2. The number of nitrogens with zero attached hydrogens (tertiary/aromatic N) is 3. The lowest BCUT2D eigenvalue weighted by atomic mass is 10.1.